The van der Waals surface area contributed by atoms with Crippen molar-refractivity contribution in [3.8, 4) is 0 Å². The first-order chi connectivity index (χ1) is 11.2. The Balaban J connectivity index is 1.68. The maximum Gasteiger partial charge on any atom is 0.154 e. The fraction of sp³-hybridized carbons (Fsp3) is 0.438. The zero-order valence-corrected chi connectivity index (χ0v) is 12.8. The van der Waals surface area contributed by atoms with Crippen LogP contribution in [0.25, 0.3) is 11.0 Å². The molecule has 5 rings (SSSR count). The van der Waals surface area contributed by atoms with Gasteiger partial charge in [-0.05, 0) is 37.8 Å². The minimum atomic E-state index is -0.652. The summed E-state index contributed by atoms with van der Waals surface area (Å²) >= 11 is 0. The second-order valence-electron chi connectivity index (χ2n) is 6.58. The highest BCUT2D eigenvalue weighted by molar-refractivity contribution is 5.74. The van der Waals surface area contributed by atoms with E-state index in [0.29, 0.717) is 5.92 Å². The van der Waals surface area contributed by atoms with E-state index in [1.54, 1.807) is 0 Å². The molecule has 3 N–H and O–H groups in total. The first kappa shape index (κ1) is 13.1. The van der Waals surface area contributed by atoms with Crippen LogP contribution >= 0.6 is 0 Å². The number of hydrogen-bond donors (Lipinski definition) is 3. The van der Waals surface area contributed by atoms with Crippen molar-refractivity contribution in [1.29, 1.82) is 0 Å². The molecular weight excluding hydrogens is 292 g/mol. The molecule has 0 bridgehead atoms. The van der Waals surface area contributed by atoms with Gasteiger partial charge in [-0.15, -0.1) is 5.10 Å². The molecule has 0 unspecified atom stereocenters. The smallest absolute Gasteiger partial charge is 0.154 e. The molecule has 2 aromatic heterocycles. The molecule has 1 aliphatic heterocycles. The number of hydrogen-bond acceptors (Lipinski definition) is 5. The van der Waals surface area contributed by atoms with Crippen LogP contribution in [0.5, 0.6) is 0 Å². The number of para-hydroxylation sites is 1. The molecule has 1 fully saturated rings. The highest BCUT2D eigenvalue weighted by Crippen LogP contribution is 2.48. The van der Waals surface area contributed by atoms with Gasteiger partial charge in [0.05, 0.1) is 11.6 Å². The average Bonchev–Trinajstić information content (AvgIpc) is 3.22. The number of nitrogens with zero attached hydrogens (tertiary/aromatic N) is 4. The molecule has 3 heterocycles. The summed E-state index contributed by atoms with van der Waals surface area (Å²) in [7, 11) is 0. The third-order valence-corrected chi connectivity index (χ3v) is 5.07. The predicted molar refractivity (Wildman–Crippen MR) is 85.0 cm³/mol. The van der Waals surface area contributed by atoms with Crippen LogP contribution in [0.15, 0.2) is 24.3 Å². The standard InChI is InChI=1S/C16H18N6O/c1-8-12-15(23)14(13(9-6-7-9)17-16(12)20-18-8)22-11-5-3-2-4-10(11)19-21-22/h2-5,9,13-15,23H,6-7H2,1H3,(H2,17,18,20)/t13-,14-,15-/m1/s1. The summed E-state index contributed by atoms with van der Waals surface area (Å²) in [5, 5.41) is 30.5. The fourth-order valence-electron chi connectivity index (χ4n) is 3.77. The molecule has 23 heavy (non-hydrogen) atoms. The van der Waals surface area contributed by atoms with Gasteiger partial charge >= 0.3 is 0 Å². The lowest BCUT2D eigenvalue weighted by molar-refractivity contribution is 0.0858. The molecule has 0 amide bonds. The SMILES string of the molecule is Cc1[nH]nc2c1[C@@H](O)[C@H](n1nnc3ccccc31)[C@@H](C1CC1)N2. The van der Waals surface area contributed by atoms with E-state index in [0.717, 1.165) is 28.1 Å². The van der Waals surface area contributed by atoms with Crippen LogP contribution in [0.1, 0.15) is 36.2 Å². The number of aromatic nitrogens is 5. The van der Waals surface area contributed by atoms with Crippen LogP contribution in [0.3, 0.4) is 0 Å². The Morgan fingerprint density at radius 3 is 2.91 bits per heavy atom. The van der Waals surface area contributed by atoms with E-state index in [9.17, 15) is 5.11 Å². The molecule has 3 atom stereocenters. The first-order valence-electron chi connectivity index (χ1n) is 8.03. The number of H-pyrrole nitrogens is 1. The van der Waals surface area contributed by atoms with Crippen molar-refractivity contribution in [1.82, 2.24) is 25.2 Å². The Hall–Kier alpha value is -2.41. The number of aromatic amines is 1. The summed E-state index contributed by atoms with van der Waals surface area (Å²) in [6.45, 7) is 1.94. The Labute approximate surface area is 132 Å². The van der Waals surface area contributed by atoms with E-state index in [-0.39, 0.29) is 12.1 Å². The molecule has 0 saturated heterocycles. The maximum atomic E-state index is 11.1. The molecule has 118 valence electrons. The minimum Gasteiger partial charge on any atom is -0.386 e. The second kappa shape index (κ2) is 4.55. The van der Waals surface area contributed by atoms with Gasteiger partial charge in [0.2, 0.25) is 0 Å². The van der Waals surface area contributed by atoms with Gasteiger partial charge in [-0.3, -0.25) is 5.10 Å². The normalized spacial score (nSPS) is 27.0. The molecule has 1 aliphatic carbocycles. The fourth-order valence-corrected chi connectivity index (χ4v) is 3.77. The quantitative estimate of drug-likeness (QED) is 0.673. The average molecular weight is 310 g/mol. The van der Waals surface area contributed by atoms with Crippen molar-refractivity contribution in [2.75, 3.05) is 5.32 Å². The molecule has 0 radical (unpaired) electrons. The van der Waals surface area contributed by atoms with Gasteiger partial charge < -0.3 is 10.4 Å². The van der Waals surface area contributed by atoms with Crippen LogP contribution in [0, 0.1) is 12.8 Å². The van der Waals surface area contributed by atoms with Gasteiger partial charge in [-0.2, -0.15) is 5.10 Å². The van der Waals surface area contributed by atoms with E-state index in [1.165, 1.54) is 12.8 Å². The largest absolute Gasteiger partial charge is 0.386 e. The van der Waals surface area contributed by atoms with E-state index >= 15 is 0 Å². The lowest BCUT2D eigenvalue weighted by Gasteiger charge is -2.36. The zero-order valence-electron chi connectivity index (χ0n) is 12.8. The Bertz CT molecular complexity index is 880. The zero-order chi connectivity index (χ0) is 15.6. The van der Waals surface area contributed by atoms with Crippen LogP contribution in [-0.2, 0) is 0 Å². The van der Waals surface area contributed by atoms with Gasteiger partial charge in [-0.25, -0.2) is 4.68 Å². The summed E-state index contributed by atoms with van der Waals surface area (Å²) in [6.07, 6.45) is 1.69. The summed E-state index contributed by atoms with van der Waals surface area (Å²) in [6, 6.07) is 7.81. The summed E-state index contributed by atoms with van der Waals surface area (Å²) in [5.41, 5.74) is 3.53. The van der Waals surface area contributed by atoms with Gasteiger partial charge in [0.15, 0.2) is 5.82 Å². The Kier molecular flexibility index (Phi) is 2.58. The minimum absolute atomic E-state index is 0.116. The molecule has 7 heteroatoms. The summed E-state index contributed by atoms with van der Waals surface area (Å²) < 4.78 is 1.88. The molecule has 7 nitrogen and oxygen atoms in total. The van der Waals surface area contributed by atoms with Crippen molar-refractivity contribution in [2.45, 2.75) is 38.0 Å². The van der Waals surface area contributed by atoms with Crippen molar-refractivity contribution >= 4 is 16.9 Å². The van der Waals surface area contributed by atoms with E-state index < -0.39 is 6.10 Å². The van der Waals surface area contributed by atoms with Crippen molar-refractivity contribution in [2.24, 2.45) is 5.92 Å². The highest BCUT2D eigenvalue weighted by Gasteiger charge is 2.47. The van der Waals surface area contributed by atoms with Crippen molar-refractivity contribution < 1.29 is 5.11 Å². The third kappa shape index (κ3) is 1.83. The number of benzene rings is 1. The Morgan fingerprint density at radius 1 is 1.26 bits per heavy atom. The number of fused-ring (bicyclic) bond motifs is 2. The lowest BCUT2D eigenvalue weighted by Crippen LogP contribution is -2.41. The molecule has 1 aromatic carbocycles. The third-order valence-electron chi connectivity index (χ3n) is 5.07. The lowest BCUT2D eigenvalue weighted by atomic mass is 9.89. The Morgan fingerprint density at radius 2 is 2.09 bits per heavy atom. The summed E-state index contributed by atoms with van der Waals surface area (Å²) in [5.74, 6) is 1.32. The highest BCUT2D eigenvalue weighted by atomic mass is 16.3. The van der Waals surface area contributed by atoms with Crippen molar-refractivity contribution in [3.05, 3.63) is 35.5 Å². The molecular formula is C16H18N6O. The van der Waals surface area contributed by atoms with Gasteiger partial charge in [0.25, 0.3) is 0 Å². The van der Waals surface area contributed by atoms with Crippen LogP contribution < -0.4 is 5.32 Å². The topological polar surface area (TPSA) is 91.6 Å². The first-order valence-corrected chi connectivity index (χ1v) is 8.03. The van der Waals surface area contributed by atoms with Crippen molar-refractivity contribution in [3.63, 3.8) is 0 Å². The predicted octanol–water partition coefficient (Wildman–Crippen LogP) is 1.94. The van der Waals surface area contributed by atoms with E-state index in [4.69, 9.17) is 0 Å². The number of aliphatic hydroxyl groups is 1. The number of anilines is 1. The van der Waals surface area contributed by atoms with Crippen LogP contribution in [-0.4, -0.2) is 36.3 Å². The molecule has 3 aromatic rings. The van der Waals surface area contributed by atoms with E-state index in [2.05, 4.69) is 25.8 Å². The van der Waals surface area contributed by atoms with Gasteiger partial charge in [0.1, 0.15) is 17.7 Å². The second-order valence-corrected chi connectivity index (χ2v) is 6.58. The number of aliphatic hydroxyl groups excluding tert-OH is 1. The molecule has 0 spiro atoms. The van der Waals surface area contributed by atoms with Gasteiger partial charge in [-0.1, -0.05) is 17.3 Å². The molecule has 1 saturated carbocycles. The van der Waals surface area contributed by atoms with Crippen LogP contribution in [0.2, 0.25) is 0 Å². The van der Waals surface area contributed by atoms with E-state index in [1.807, 2.05) is 35.9 Å². The number of nitrogens with one attached hydrogen (secondary N) is 2. The maximum absolute atomic E-state index is 11.1. The summed E-state index contributed by atoms with van der Waals surface area (Å²) in [4.78, 5) is 0. The number of aryl methyl sites for hydroxylation is 1. The van der Waals surface area contributed by atoms with Crippen LogP contribution in [0.4, 0.5) is 5.82 Å². The van der Waals surface area contributed by atoms with Gasteiger partial charge in [0, 0.05) is 11.3 Å². The molecule has 2 aliphatic rings. The number of rotatable bonds is 2. The monoisotopic (exact) mass is 310 g/mol.